The minimum Gasteiger partial charge on any atom is -0.497 e. The van der Waals surface area contributed by atoms with Crippen molar-refractivity contribution in [3.05, 3.63) is 108 Å². The zero-order valence-electron chi connectivity index (χ0n) is 25.1. The van der Waals surface area contributed by atoms with Gasteiger partial charge < -0.3 is 15.0 Å². The zero-order valence-corrected chi connectivity index (χ0v) is 25.9. The third-order valence-corrected chi connectivity index (χ3v) is 8.28. The van der Waals surface area contributed by atoms with Crippen molar-refractivity contribution < 1.29 is 22.7 Å². The van der Waals surface area contributed by atoms with Gasteiger partial charge in [0, 0.05) is 24.9 Å². The fourth-order valence-electron chi connectivity index (χ4n) is 4.96. The SMILES string of the molecule is COc1cccc(CN(C(=O)CN(c2cccc3ccccc23)S(C)(=O)=O)[C@@H](Cc2ccccc2)C(=O)NCC(C)C)c1. The van der Waals surface area contributed by atoms with E-state index in [0.29, 0.717) is 23.4 Å². The molecule has 0 unspecified atom stereocenters. The molecule has 4 rings (SSSR count). The summed E-state index contributed by atoms with van der Waals surface area (Å²) in [6.45, 7) is 4.05. The van der Waals surface area contributed by atoms with Crippen LogP contribution >= 0.6 is 0 Å². The molecule has 0 aromatic heterocycles. The van der Waals surface area contributed by atoms with Crippen molar-refractivity contribution in [3.8, 4) is 5.75 Å². The molecule has 0 spiro atoms. The normalized spacial score (nSPS) is 12.1. The molecule has 0 aliphatic heterocycles. The highest BCUT2D eigenvalue weighted by Crippen LogP contribution is 2.29. The molecule has 4 aromatic carbocycles. The van der Waals surface area contributed by atoms with Crippen LogP contribution in [0, 0.1) is 5.92 Å². The molecule has 0 bridgehead atoms. The smallest absolute Gasteiger partial charge is 0.244 e. The molecular weight excluding hydrogens is 562 g/mol. The second kappa shape index (κ2) is 14.2. The van der Waals surface area contributed by atoms with E-state index >= 15 is 0 Å². The number of fused-ring (bicyclic) bond motifs is 1. The van der Waals surface area contributed by atoms with E-state index in [-0.39, 0.29) is 24.8 Å². The highest BCUT2D eigenvalue weighted by Gasteiger charge is 2.33. The van der Waals surface area contributed by atoms with Gasteiger partial charge in [0.2, 0.25) is 21.8 Å². The molecule has 0 aliphatic rings. The second-order valence-electron chi connectivity index (χ2n) is 11.0. The Morgan fingerprint density at radius 1 is 0.860 bits per heavy atom. The number of hydrogen-bond acceptors (Lipinski definition) is 5. The van der Waals surface area contributed by atoms with Gasteiger partial charge in [0.25, 0.3) is 0 Å². The summed E-state index contributed by atoms with van der Waals surface area (Å²) in [5.41, 5.74) is 2.03. The van der Waals surface area contributed by atoms with Gasteiger partial charge in [-0.25, -0.2) is 8.42 Å². The second-order valence-corrected chi connectivity index (χ2v) is 12.9. The Balaban J connectivity index is 1.78. The van der Waals surface area contributed by atoms with Gasteiger partial charge in [0.15, 0.2) is 0 Å². The van der Waals surface area contributed by atoms with E-state index in [0.717, 1.165) is 27.1 Å². The number of carbonyl (C=O) groups is 2. The lowest BCUT2D eigenvalue weighted by Crippen LogP contribution is -2.53. The maximum absolute atomic E-state index is 14.4. The number of hydrogen-bond donors (Lipinski definition) is 1. The molecule has 0 heterocycles. The Hall–Kier alpha value is -4.37. The highest BCUT2D eigenvalue weighted by atomic mass is 32.2. The minimum absolute atomic E-state index is 0.0791. The number of sulfonamides is 1. The van der Waals surface area contributed by atoms with Crippen molar-refractivity contribution >= 4 is 38.3 Å². The Labute approximate surface area is 254 Å². The molecule has 43 heavy (non-hydrogen) atoms. The number of rotatable bonds is 13. The molecule has 1 atom stereocenters. The first-order chi connectivity index (χ1) is 20.6. The summed E-state index contributed by atoms with van der Waals surface area (Å²) in [5, 5.41) is 4.55. The summed E-state index contributed by atoms with van der Waals surface area (Å²) in [6, 6.07) is 28.7. The van der Waals surface area contributed by atoms with Gasteiger partial charge in [0.1, 0.15) is 18.3 Å². The lowest BCUT2D eigenvalue weighted by molar-refractivity contribution is -0.140. The van der Waals surface area contributed by atoms with Gasteiger partial charge in [-0.15, -0.1) is 0 Å². The van der Waals surface area contributed by atoms with Gasteiger partial charge in [-0.2, -0.15) is 0 Å². The Bertz CT molecular complexity index is 1650. The maximum Gasteiger partial charge on any atom is 0.244 e. The van der Waals surface area contributed by atoms with Crippen LogP contribution in [0.1, 0.15) is 25.0 Å². The van der Waals surface area contributed by atoms with Crippen LogP contribution in [0.2, 0.25) is 0 Å². The average molecular weight is 602 g/mol. The number of nitrogens with zero attached hydrogens (tertiary/aromatic N) is 2. The lowest BCUT2D eigenvalue weighted by Gasteiger charge is -2.34. The first-order valence-electron chi connectivity index (χ1n) is 14.3. The molecule has 1 N–H and O–H groups in total. The Morgan fingerprint density at radius 3 is 2.21 bits per heavy atom. The van der Waals surface area contributed by atoms with Crippen LogP contribution in [0.5, 0.6) is 5.75 Å². The standard InChI is InChI=1S/C34H39N3O5S/c1-25(2)22-35-34(39)32(21-26-12-6-5-7-13-26)36(23-27-14-10-17-29(20-27)42-3)33(38)24-37(43(4,40)41)31-19-11-16-28-15-8-9-18-30(28)31/h5-20,25,32H,21-24H2,1-4H3,(H,35,39)/t32-/m0/s1. The molecule has 4 aromatic rings. The summed E-state index contributed by atoms with van der Waals surface area (Å²) in [5.74, 6) is 0.0184. The van der Waals surface area contributed by atoms with Crippen LogP contribution in [0.25, 0.3) is 10.8 Å². The van der Waals surface area contributed by atoms with Crippen molar-refractivity contribution in [3.63, 3.8) is 0 Å². The van der Waals surface area contributed by atoms with Crippen LogP contribution in [0.15, 0.2) is 97.1 Å². The summed E-state index contributed by atoms with van der Waals surface area (Å²) in [4.78, 5) is 29.6. The molecule has 0 radical (unpaired) electrons. The molecule has 8 nitrogen and oxygen atoms in total. The predicted octanol–water partition coefficient (Wildman–Crippen LogP) is 5.03. The van der Waals surface area contributed by atoms with Crippen molar-refractivity contribution in [2.45, 2.75) is 32.9 Å². The fourth-order valence-corrected chi connectivity index (χ4v) is 5.83. The summed E-state index contributed by atoms with van der Waals surface area (Å²) in [6.07, 6.45) is 1.35. The highest BCUT2D eigenvalue weighted by molar-refractivity contribution is 7.92. The van der Waals surface area contributed by atoms with Crippen LogP contribution in [-0.4, -0.2) is 57.6 Å². The van der Waals surface area contributed by atoms with E-state index in [1.54, 1.807) is 25.3 Å². The lowest BCUT2D eigenvalue weighted by atomic mass is 10.0. The minimum atomic E-state index is -3.88. The van der Waals surface area contributed by atoms with E-state index in [1.807, 2.05) is 92.7 Å². The third-order valence-electron chi connectivity index (χ3n) is 7.16. The summed E-state index contributed by atoms with van der Waals surface area (Å²) >= 11 is 0. The van der Waals surface area contributed by atoms with Gasteiger partial charge >= 0.3 is 0 Å². The molecule has 226 valence electrons. The van der Waals surface area contributed by atoms with Crippen LogP contribution in [-0.2, 0) is 32.6 Å². The molecule has 0 saturated carbocycles. The van der Waals surface area contributed by atoms with Gasteiger partial charge in [-0.05, 0) is 40.6 Å². The molecule has 2 amide bonds. The Kier molecular flexibility index (Phi) is 10.4. The predicted molar refractivity (Wildman–Crippen MR) is 171 cm³/mol. The first-order valence-corrected chi connectivity index (χ1v) is 16.1. The quantitative estimate of drug-likeness (QED) is 0.232. The third kappa shape index (κ3) is 8.35. The average Bonchev–Trinajstić information content (AvgIpc) is 3.00. The summed E-state index contributed by atoms with van der Waals surface area (Å²) < 4.78 is 32.9. The monoisotopic (exact) mass is 601 g/mol. The molecule has 0 aliphatic carbocycles. The number of carbonyl (C=O) groups excluding carboxylic acids is 2. The van der Waals surface area contributed by atoms with E-state index < -0.39 is 28.5 Å². The van der Waals surface area contributed by atoms with E-state index in [2.05, 4.69) is 5.32 Å². The summed E-state index contributed by atoms with van der Waals surface area (Å²) in [7, 11) is -2.32. The molecular formula is C34H39N3O5S. The Morgan fingerprint density at radius 2 is 1.51 bits per heavy atom. The fraction of sp³-hybridized carbons (Fsp3) is 0.294. The van der Waals surface area contributed by atoms with Gasteiger partial charge in [-0.1, -0.05) is 92.7 Å². The maximum atomic E-state index is 14.4. The van der Waals surface area contributed by atoms with Crippen LogP contribution < -0.4 is 14.4 Å². The van der Waals surface area contributed by atoms with E-state index in [9.17, 15) is 18.0 Å². The number of benzene rings is 4. The molecule has 9 heteroatoms. The van der Waals surface area contributed by atoms with Gasteiger partial charge in [-0.3, -0.25) is 13.9 Å². The van der Waals surface area contributed by atoms with E-state index in [4.69, 9.17) is 4.74 Å². The number of anilines is 1. The zero-order chi connectivity index (χ0) is 31.0. The van der Waals surface area contributed by atoms with Crippen LogP contribution in [0.4, 0.5) is 5.69 Å². The number of amides is 2. The first kappa shape index (κ1) is 31.6. The van der Waals surface area contributed by atoms with Crippen LogP contribution in [0.3, 0.4) is 0 Å². The number of methoxy groups -OCH3 is 1. The molecule has 0 fully saturated rings. The number of ether oxygens (including phenoxy) is 1. The van der Waals surface area contributed by atoms with E-state index in [1.165, 1.54) is 4.90 Å². The van der Waals surface area contributed by atoms with Crippen molar-refractivity contribution in [1.29, 1.82) is 0 Å². The largest absolute Gasteiger partial charge is 0.497 e. The van der Waals surface area contributed by atoms with Gasteiger partial charge in [0.05, 0.1) is 19.1 Å². The molecule has 0 saturated heterocycles. The van der Waals surface area contributed by atoms with Crippen molar-refractivity contribution in [1.82, 2.24) is 10.2 Å². The topological polar surface area (TPSA) is 96.0 Å². The van der Waals surface area contributed by atoms with Crippen molar-refractivity contribution in [2.24, 2.45) is 5.92 Å². The number of nitrogens with one attached hydrogen (secondary N) is 1. The van der Waals surface area contributed by atoms with Crippen molar-refractivity contribution in [2.75, 3.05) is 30.8 Å².